The van der Waals surface area contributed by atoms with Gasteiger partial charge in [-0.05, 0) is 41.5 Å². The summed E-state index contributed by atoms with van der Waals surface area (Å²) in [6.45, 7) is 3.70. The maximum absolute atomic E-state index is 14.6. The van der Waals surface area contributed by atoms with Gasteiger partial charge in [-0.2, -0.15) is 0 Å². The lowest BCUT2D eigenvalue weighted by atomic mass is 9.95. The van der Waals surface area contributed by atoms with E-state index in [1.54, 1.807) is 19.2 Å². The maximum Gasteiger partial charge on any atom is 0.134 e. The smallest absolute Gasteiger partial charge is 0.134 e. The first kappa shape index (κ1) is 18.8. The van der Waals surface area contributed by atoms with Gasteiger partial charge in [-0.15, -0.1) is 0 Å². The van der Waals surface area contributed by atoms with E-state index in [1.165, 1.54) is 6.07 Å². The Bertz CT molecular complexity index is 1120. The number of hydrogen-bond donors (Lipinski definition) is 0. The standard InChI is InChI=1S/C24H22FN3O2/c1-29-21-4-2-3-20(25)23(21)16-5-6-18-15-27-24(19(18)13-16)17-7-8-26-22(14-17)28-9-11-30-12-10-28/h2-8,13-14H,9-12,15H2,1H3. The summed E-state index contributed by atoms with van der Waals surface area (Å²) in [4.78, 5) is 11.5. The lowest BCUT2D eigenvalue weighted by Crippen LogP contribution is -2.36. The van der Waals surface area contributed by atoms with E-state index in [-0.39, 0.29) is 5.82 Å². The monoisotopic (exact) mass is 403 g/mol. The molecule has 152 valence electrons. The minimum atomic E-state index is -0.302. The molecule has 0 saturated carbocycles. The SMILES string of the molecule is COc1cccc(F)c1-c1ccc2c(c1)C(c1ccnc(N3CCOCC3)c1)=NC2. The van der Waals surface area contributed by atoms with Crippen LogP contribution in [0.1, 0.15) is 16.7 Å². The Hall–Kier alpha value is -3.25. The summed E-state index contributed by atoms with van der Waals surface area (Å²) in [6.07, 6.45) is 1.82. The van der Waals surface area contributed by atoms with Crippen molar-refractivity contribution in [2.24, 2.45) is 4.99 Å². The van der Waals surface area contributed by atoms with Crippen LogP contribution in [0.25, 0.3) is 11.1 Å². The van der Waals surface area contributed by atoms with Crippen LogP contribution in [-0.4, -0.2) is 44.1 Å². The van der Waals surface area contributed by atoms with E-state index in [2.05, 4.69) is 16.0 Å². The number of anilines is 1. The molecule has 0 atom stereocenters. The number of rotatable bonds is 4. The van der Waals surface area contributed by atoms with Gasteiger partial charge in [-0.1, -0.05) is 18.2 Å². The molecule has 1 fully saturated rings. The third-order valence-corrected chi connectivity index (χ3v) is 5.61. The van der Waals surface area contributed by atoms with Gasteiger partial charge < -0.3 is 14.4 Å². The zero-order chi connectivity index (χ0) is 20.5. The van der Waals surface area contributed by atoms with Crippen molar-refractivity contribution in [3.63, 3.8) is 0 Å². The van der Waals surface area contributed by atoms with E-state index in [4.69, 9.17) is 14.5 Å². The Morgan fingerprint density at radius 1 is 1.03 bits per heavy atom. The molecule has 3 aromatic rings. The summed E-state index contributed by atoms with van der Waals surface area (Å²) in [5.74, 6) is 1.15. The van der Waals surface area contributed by atoms with Gasteiger partial charge in [0.1, 0.15) is 17.4 Å². The van der Waals surface area contributed by atoms with Gasteiger partial charge in [0.05, 0.1) is 38.1 Å². The summed E-state index contributed by atoms with van der Waals surface area (Å²) in [6, 6.07) is 14.9. The highest BCUT2D eigenvalue weighted by atomic mass is 19.1. The number of fused-ring (bicyclic) bond motifs is 1. The molecule has 0 aliphatic carbocycles. The number of pyridine rings is 1. The second kappa shape index (κ2) is 7.88. The van der Waals surface area contributed by atoms with Crippen LogP contribution in [0.4, 0.5) is 10.2 Å². The quantitative estimate of drug-likeness (QED) is 0.659. The van der Waals surface area contributed by atoms with Crippen LogP contribution in [0.15, 0.2) is 59.7 Å². The molecule has 30 heavy (non-hydrogen) atoms. The number of ether oxygens (including phenoxy) is 2. The minimum Gasteiger partial charge on any atom is -0.496 e. The van der Waals surface area contributed by atoms with Crippen molar-refractivity contribution in [3.05, 3.63) is 77.2 Å². The number of hydrogen-bond acceptors (Lipinski definition) is 5. The Labute approximate surface area is 174 Å². The van der Waals surface area contributed by atoms with Crippen LogP contribution in [0, 0.1) is 5.82 Å². The second-order valence-electron chi connectivity index (χ2n) is 7.36. The Balaban J connectivity index is 1.53. The molecule has 0 N–H and O–H groups in total. The second-order valence-corrected chi connectivity index (χ2v) is 7.36. The van der Waals surface area contributed by atoms with Crippen molar-refractivity contribution in [2.75, 3.05) is 38.3 Å². The fourth-order valence-corrected chi connectivity index (χ4v) is 4.07. The van der Waals surface area contributed by atoms with Crippen LogP contribution < -0.4 is 9.64 Å². The fourth-order valence-electron chi connectivity index (χ4n) is 4.07. The summed E-state index contributed by atoms with van der Waals surface area (Å²) in [5.41, 5.74) is 5.34. The van der Waals surface area contributed by atoms with Crippen LogP contribution in [0.2, 0.25) is 0 Å². The van der Waals surface area contributed by atoms with Crippen molar-refractivity contribution in [3.8, 4) is 16.9 Å². The van der Waals surface area contributed by atoms with Crippen molar-refractivity contribution in [1.29, 1.82) is 0 Å². The Kier molecular flexibility index (Phi) is 4.93. The topological polar surface area (TPSA) is 47.0 Å². The highest BCUT2D eigenvalue weighted by Crippen LogP contribution is 2.35. The van der Waals surface area contributed by atoms with Crippen LogP contribution in [0.3, 0.4) is 0 Å². The number of aliphatic imine (C=N–C) groups is 1. The van der Waals surface area contributed by atoms with E-state index in [0.29, 0.717) is 31.1 Å². The van der Waals surface area contributed by atoms with E-state index >= 15 is 0 Å². The van der Waals surface area contributed by atoms with Gasteiger partial charge in [0, 0.05) is 30.4 Å². The third kappa shape index (κ3) is 3.33. The van der Waals surface area contributed by atoms with Crippen molar-refractivity contribution in [1.82, 2.24) is 4.98 Å². The van der Waals surface area contributed by atoms with Crippen molar-refractivity contribution in [2.45, 2.75) is 6.54 Å². The Morgan fingerprint density at radius 2 is 1.90 bits per heavy atom. The van der Waals surface area contributed by atoms with E-state index in [9.17, 15) is 4.39 Å². The molecule has 6 heteroatoms. The van der Waals surface area contributed by atoms with Crippen LogP contribution >= 0.6 is 0 Å². The number of benzene rings is 2. The molecule has 2 aromatic carbocycles. The largest absolute Gasteiger partial charge is 0.496 e. The molecule has 2 aliphatic heterocycles. The highest BCUT2D eigenvalue weighted by molar-refractivity contribution is 6.16. The molecule has 0 amide bonds. The average molecular weight is 403 g/mol. The molecule has 1 saturated heterocycles. The molecule has 3 heterocycles. The molecule has 2 aliphatic rings. The summed E-state index contributed by atoms with van der Waals surface area (Å²) in [7, 11) is 1.56. The first-order chi connectivity index (χ1) is 14.7. The van der Waals surface area contributed by atoms with Crippen LogP contribution in [-0.2, 0) is 11.3 Å². The molecule has 0 radical (unpaired) electrons. The first-order valence-electron chi connectivity index (χ1n) is 10.0. The van der Waals surface area contributed by atoms with Crippen molar-refractivity contribution >= 4 is 11.5 Å². The lowest BCUT2D eigenvalue weighted by molar-refractivity contribution is 0.122. The van der Waals surface area contributed by atoms with E-state index in [0.717, 1.165) is 46.9 Å². The number of nitrogens with zero attached hydrogens (tertiary/aromatic N) is 3. The number of aromatic nitrogens is 1. The van der Waals surface area contributed by atoms with Gasteiger partial charge >= 0.3 is 0 Å². The number of halogens is 1. The maximum atomic E-state index is 14.6. The average Bonchev–Trinajstić information content (AvgIpc) is 3.23. The predicted molar refractivity (Wildman–Crippen MR) is 115 cm³/mol. The van der Waals surface area contributed by atoms with E-state index in [1.807, 2.05) is 30.5 Å². The number of methoxy groups -OCH3 is 1. The zero-order valence-corrected chi connectivity index (χ0v) is 16.8. The van der Waals surface area contributed by atoms with Gasteiger partial charge in [0.2, 0.25) is 0 Å². The normalized spacial score (nSPS) is 15.7. The summed E-state index contributed by atoms with van der Waals surface area (Å²) < 4.78 is 25.5. The molecule has 0 spiro atoms. The predicted octanol–water partition coefficient (Wildman–Crippen LogP) is 4.08. The molecule has 1 aromatic heterocycles. The molecule has 0 bridgehead atoms. The molecule has 0 unspecified atom stereocenters. The Morgan fingerprint density at radius 3 is 2.73 bits per heavy atom. The van der Waals surface area contributed by atoms with Gasteiger partial charge in [-0.3, -0.25) is 4.99 Å². The summed E-state index contributed by atoms with van der Waals surface area (Å²) in [5, 5.41) is 0. The molecule has 5 nitrogen and oxygen atoms in total. The third-order valence-electron chi connectivity index (χ3n) is 5.61. The molecule has 5 rings (SSSR count). The van der Waals surface area contributed by atoms with Crippen molar-refractivity contribution < 1.29 is 13.9 Å². The van der Waals surface area contributed by atoms with Gasteiger partial charge in [0.15, 0.2) is 0 Å². The molecular weight excluding hydrogens is 381 g/mol. The zero-order valence-electron chi connectivity index (χ0n) is 16.8. The molecular formula is C24H22FN3O2. The van der Waals surface area contributed by atoms with E-state index < -0.39 is 0 Å². The van der Waals surface area contributed by atoms with Crippen LogP contribution in [0.5, 0.6) is 5.75 Å². The lowest BCUT2D eigenvalue weighted by Gasteiger charge is -2.28. The minimum absolute atomic E-state index is 0.302. The first-order valence-corrected chi connectivity index (χ1v) is 10.0. The number of morpholine rings is 1. The fraction of sp³-hybridized carbons (Fsp3) is 0.250. The summed E-state index contributed by atoms with van der Waals surface area (Å²) >= 11 is 0. The van der Waals surface area contributed by atoms with Gasteiger partial charge in [-0.25, -0.2) is 9.37 Å². The van der Waals surface area contributed by atoms with Gasteiger partial charge in [0.25, 0.3) is 0 Å². The highest BCUT2D eigenvalue weighted by Gasteiger charge is 2.22.